The zero-order valence-corrected chi connectivity index (χ0v) is 10.8. The minimum Gasteiger partial charge on any atom is -0.496 e. The molecule has 2 rings (SSSR count). The molecule has 4 heteroatoms. The van der Waals surface area contributed by atoms with Gasteiger partial charge in [0.1, 0.15) is 5.75 Å². The van der Waals surface area contributed by atoms with Crippen molar-refractivity contribution in [2.75, 3.05) is 7.11 Å². The van der Waals surface area contributed by atoms with E-state index in [4.69, 9.17) is 10.5 Å². The third-order valence-electron chi connectivity index (χ3n) is 3.15. The van der Waals surface area contributed by atoms with Crippen molar-refractivity contribution in [3.63, 3.8) is 0 Å². The third kappa shape index (κ3) is 2.19. The molecule has 18 heavy (non-hydrogen) atoms. The summed E-state index contributed by atoms with van der Waals surface area (Å²) in [5, 5.41) is 0. The number of hydrogen-bond donors (Lipinski definition) is 1. The molecule has 0 aliphatic carbocycles. The van der Waals surface area contributed by atoms with Crippen molar-refractivity contribution in [1.82, 2.24) is 9.97 Å². The van der Waals surface area contributed by atoms with Crippen LogP contribution in [0.3, 0.4) is 0 Å². The molecule has 2 aromatic rings. The van der Waals surface area contributed by atoms with Crippen LogP contribution in [0.2, 0.25) is 0 Å². The average molecular weight is 243 g/mol. The molecule has 0 aliphatic rings. The Labute approximate surface area is 107 Å². The molecule has 1 aromatic carbocycles. The molecule has 1 aromatic heterocycles. The molecule has 0 spiro atoms. The maximum atomic E-state index is 6.23. The van der Waals surface area contributed by atoms with E-state index in [0.717, 1.165) is 22.6 Å². The molecule has 0 saturated heterocycles. The van der Waals surface area contributed by atoms with Crippen molar-refractivity contribution in [1.29, 1.82) is 0 Å². The molecule has 2 N–H and O–H groups in total. The molecule has 4 nitrogen and oxygen atoms in total. The fourth-order valence-electron chi connectivity index (χ4n) is 1.96. The highest BCUT2D eigenvalue weighted by molar-refractivity contribution is 5.48. The Morgan fingerprint density at radius 2 is 2.00 bits per heavy atom. The minimum atomic E-state index is -0.326. The lowest BCUT2D eigenvalue weighted by atomic mass is 9.98. The quantitative estimate of drug-likeness (QED) is 0.897. The fourth-order valence-corrected chi connectivity index (χ4v) is 1.96. The van der Waals surface area contributed by atoms with E-state index in [1.807, 2.05) is 19.1 Å². The van der Waals surface area contributed by atoms with Crippen molar-refractivity contribution < 1.29 is 4.74 Å². The van der Waals surface area contributed by atoms with Crippen LogP contribution in [0.25, 0.3) is 0 Å². The highest BCUT2D eigenvalue weighted by atomic mass is 16.5. The molecule has 0 saturated carbocycles. The summed E-state index contributed by atoms with van der Waals surface area (Å²) in [5.41, 5.74) is 10.2. The van der Waals surface area contributed by atoms with Crippen molar-refractivity contribution >= 4 is 0 Å². The highest BCUT2D eigenvalue weighted by Gasteiger charge is 2.17. The zero-order valence-electron chi connectivity index (χ0n) is 10.8. The number of aryl methyl sites for hydroxylation is 1. The van der Waals surface area contributed by atoms with Gasteiger partial charge in [0.25, 0.3) is 0 Å². The van der Waals surface area contributed by atoms with Crippen LogP contribution in [0.1, 0.15) is 28.4 Å². The second-order valence-electron chi connectivity index (χ2n) is 4.24. The van der Waals surface area contributed by atoms with Gasteiger partial charge >= 0.3 is 0 Å². The summed E-state index contributed by atoms with van der Waals surface area (Å²) < 4.78 is 5.47. The Morgan fingerprint density at radius 3 is 2.61 bits per heavy atom. The fraction of sp³-hybridized carbons (Fsp3) is 0.286. The lowest BCUT2D eigenvalue weighted by molar-refractivity contribution is 0.404. The number of aromatic nitrogens is 2. The summed E-state index contributed by atoms with van der Waals surface area (Å²) in [7, 11) is 1.66. The number of rotatable bonds is 3. The normalized spacial score (nSPS) is 12.2. The van der Waals surface area contributed by atoms with Gasteiger partial charge < -0.3 is 10.5 Å². The van der Waals surface area contributed by atoms with Crippen LogP contribution in [0, 0.1) is 13.8 Å². The average Bonchev–Trinajstić information content (AvgIpc) is 2.42. The Morgan fingerprint density at radius 1 is 1.22 bits per heavy atom. The number of benzene rings is 1. The van der Waals surface area contributed by atoms with Crippen LogP contribution in [-0.2, 0) is 0 Å². The van der Waals surface area contributed by atoms with Crippen molar-refractivity contribution in [2.24, 2.45) is 5.73 Å². The predicted molar refractivity (Wildman–Crippen MR) is 70.5 cm³/mol. The van der Waals surface area contributed by atoms with Gasteiger partial charge in [0.05, 0.1) is 25.0 Å². The highest BCUT2D eigenvalue weighted by Crippen LogP contribution is 2.31. The number of nitrogens with two attached hydrogens (primary N) is 1. The summed E-state index contributed by atoms with van der Waals surface area (Å²) >= 11 is 0. The van der Waals surface area contributed by atoms with Crippen LogP contribution in [-0.4, -0.2) is 17.1 Å². The first kappa shape index (κ1) is 12.5. The SMILES string of the molecule is COc1c(C(N)c2cnccn2)ccc(C)c1C. The predicted octanol–water partition coefficient (Wildman–Crippen LogP) is 2.15. The molecule has 0 bridgehead atoms. The molecule has 1 atom stereocenters. The second-order valence-corrected chi connectivity index (χ2v) is 4.24. The summed E-state index contributed by atoms with van der Waals surface area (Å²) in [6, 6.07) is 3.71. The molecular weight excluding hydrogens is 226 g/mol. The summed E-state index contributed by atoms with van der Waals surface area (Å²) in [6.07, 6.45) is 4.95. The largest absolute Gasteiger partial charge is 0.496 e. The maximum Gasteiger partial charge on any atom is 0.127 e. The van der Waals surface area contributed by atoms with E-state index in [1.54, 1.807) is 25.7 Å². The van der Waals surface area contributed by atoms with E-state index in [-0.39, 0.29) is 6.04 Å². The molecule has 0 fully saturated rings. The van der Waals surface area contributed by atoms with Crippen LogP contribution < -0.4 is 10.5 Å². The number of hydrogen-bond acceptors (Lipinski definition) is 4. The van der Waals surface area contributed by atoms with E-state index in [9.17, 15) is 0 Å². The number of nitrogens with zero attached hydrogens (tertiary/aromatic N) is 2. The molecule has 1 heterocycles. The van der Waals surface area contributed by atoms with E-state index in [0.29, 0.717) is 0 Å². The Kier molecular flexibility index (Phi) is 3.58. The summed E-state index contributed by atoms with van der Waals surface area (Å²) in [4.78, 5) is 8.28. The van der Waals surface area contributed by atoms with Gasteiger partial charge in [-0.15, -0.1) is 0 Å². The first-order valence-electron chi connectivity index (χ1n) is 5.80. The van der Waals surface area contributed by atoms with Crippen LogP contribution in [0.4, 0.5) is 0 Å². The second kappa shape index (κ2) is 5.14. The van der Waals surface area contributed by atoms with E-state index in [1.165, 1.54) is 5.56 Å². The van der Waals surface area contributed by atoms with E-state index < -0.39 is 0 Å². The topological polar surface area (TPSA) is 61.0 Å². The molecule has 0 radical (unpaired) electrons. The van der Waals surface area contributed by atoms with Crippen molar-refractivity contribution in [2.45, 2.75) is 19.9 Å². The molecule has 1 unspecified atom stereocenters. The molecular formula is C14H17N3O. The molecule has 94 valence electrons. The number of ether oxygens (including phenoxy) is 1. The van der Waals surface area contributed by atoms with Gasteiger partial charge in [0.15, 0.2) is 0 Å². The molecule has 0 aliphatic heterocycles. The van der Waals surface area contributed by atoms with Gasteiger partial charge in [0, 0.05) is 18.0 Å². The first-order valence-corrected chi connectivity index (χ1v) is 5.80. The third-order valence-corrected chi connectivity index (χ3v) is 3.15. The van der Waals surface area contributed by atoms with Gasteiger partial charge in [-0.2, -0.15) is 0 Å². The Bertz CT molecular complexity index is 540. The van der Waals surface area contributed by atoms with Crippen molar-refractivity contribution in [3.8, 4) is 5.75 Å². The number of methoxy groups -OCH3 is 1. The van der Waals surface area contributed by atoms with Gasteiger partial charge in [-0.1, -0.05) is 12.1 Å². The van der Waals surface area contributed by atoms with Gasteiger partial charge in [-0.25, -0.2) is 0 Å². The van der Waals surface area contributed by atoms with Crippen LogP contribution >= 0.6 is 0 Å². The van der Waals surface area contributed by atoms with Gasteiger partial charge in [0.2, 0.25) is 0 Å². The van der Waals surface area contributed by atoms with Gasteiger partial charge in [-0.3, -0.25) is 9.97 Å². The Hall–Kier alpha value is -1.94. The van der Waals surface area contributed by atoms with E-state index in [2.05, 4.69) is 16.9 Å². The van der Waals surface area contributed by atoms with E-state index >= 15 is 0 Å². The Balaban J connectivity index is 2.49. The smallest absolute Gasteiger partial charge is 0.127 e. The monoisotopic (exact) mass is 243 g/mol. The minimum absolute atomic E-state index is 0.326. The van der Waals surface area contributed by atoms with Crippen LogP contribution in [0.15, 0.2) is 30.7 Å². The maximum absolute atomic E-state index is 6.23. The first-order chi connectivity index (χ1) is 8.65. The van der Waals surface area contributed by atoms with Crippen molar-refractivity contribution in [3.05, 3.63) is 53.1 Å². The lowest BCUT2D eigenvalue weighted by Crippen LogP contribution is -2.15. The standard InChI is InChI=1S/C14H17N3O/c1-9-4-5-11(14(18-3)10(9)2)13(15)12-8-16-6-7-17-12/h4-8,13H,15H2,1-3H3. The van der Waals surface area contributed by atoms with Crippen LogP contribution in [0.5, 0.6) is 5.75 Å². The van der Waals surface area contributed by atoms with Gasteiger partial charge in [-0.05, 0) is 25.0 Å². The molecule has 0 amide bonds. The summed E-state index contributed by atoms with van der Waals surface area (Å²) in [6.45, 7) is 4.08. The summed E-state index contributed by atoms with van der Waals surface area (Å²) in [5.74, 6) is 0.827. The zero-order chi connectivity index (χ0) is 13.1. The lowest BCUT2D eigenvalue weighted by Gasteiger charge is -2.18.